The average molecular weight is 231 g/mol. The minimum atomic E-state index is -2.85. The molecule has 15 heavy (non-hydrogen) atoms. The van der Waals surface area contributed by atoms with Crippen LogP contribution >= 0.6 is 0 Å². The first-order chi connectivity index (χ1) is 7.03. The van der Waals surface area contributed by atoms with Gasteiger partial charge in [-0.1, -0.05) is 18.6 Å². The molecule has 1 fully saturated rings. The molecule has 2 N–H and O–H groups in total. The molecule has 4 heteroatoms. The zero-order chi connectivity index (χ0) is 11.3. The van der Waals surface area contributed by atoms with Crippen molar-refractivity contribution in [3.63, 3.8) is 0 Å². The molecule has 0 aromatic carbocycles. The summed E-state index contributed by atoms with van der Waals surface area (Å²) in [6.45, 7) is 1.89. The van der Waals surface area contributed by atoms with Crippen LogP contribution in [0.1, 0.15) is 39.0 Å². The minimum Gasteiger partial charge on any atom is -0.328 e. The van der Waals surface area contributed by atoms with Crippen molar-refractivity contribution in [3.05, 3.63) is 11.6 Å². The minimum absolute atomic E-state index is 0.214. The van der Waals surface area contributed by atoms with Gasteiger partial charge in [-0.15, -0.1) is 0 Å². The van der Waals surface area contributed by atoms with Gasteiger partial charge < -0.3 is 5.73 Å². The van der Waals surface area contributed by atoms with E-state index in [9.17, 15) is 8.42 Å². The Morgan fingerprint density at radius 2 is 2.00 bits per heavy atom. The number of allylic oxidation sites excluding steroid dienone is 1. The van der Waals surface area contributed by atoms with Crippen molar-refractivity contribution in [2.75, 3.05) is 11.5 Å². The van der Waals surface area contributed by atoms with E-state index < -0.39 is 9.84 Å². The highest BCUT2D eigenvalue weighted by Crippen LogP contribution is 2.22. The van der Waals surface area contributed by atoms with Crippen LogP contribution in [0.5, 0.6) is 0 Å². The molecular formula is C11H21NO2S. The predicted molar refractivity (Wildman–Crippen MR) is 63.5 cm³/mol. The second-order valence-electron chi connectivity index (χ2n) is 4.31. The molecule has 88 valence electrons. The Morgan fingerprint density at radius 3 is 2.53 bits per heavy atom. The van der Waals surface area contributed by atoms with Crippen LogP contribution < -0.4 is 5.73 Å². The Morgan fingerprint density at radius 1 is 1.40 bits per heavy atom. The molecule has 1 saturated carbocycles. The highest BCUT2D eigenvalue weighted by atomic mass is 32.2. The molecule has 0 radical (unpaired) electrons. The Labute approximate surface area is 92.7 Å². The summed E-state index contributed by atoms with van der Waals surface area (Å²) in [5, 5.41) is 0. The second-order valence-corrected chi connectivity index (χ2v) is 6.54. The van der Waals surface area contributed by atoms with Gasteiger partial charge in [0.05, 0.1) is 11.5 Å². The Hall–Kier alpha value is -0.350. The summed E-state index contributed by atoms with van der Waals surface area (Å²) in [6, 6.07) is 0.314. The number of rotatable bonds is 4. The summed E-state index contributed by atoms with van der Waals surface area (Å²) >= 11 is 0. The summed E-state index contributed by atoms with van der Waals surface area (Å²) in [5.74, 6) is 0.516. The van der Waals surface area contributed by atoms with Crippen molar-refractivity contribution < 1.29 is 8.42 Å². The fourth-order valence-electron chi connectivity index (χ4n) is 1.85. The normalized spacial score (nSPS) is 22.8. The van der Waals surface area contributed by atoms with Gasteiger partial charge in [-0.2, -0.15) is 0 Å². The maximum absolute atomic E-state index is 11.5. The van der Waals surface area contributed by atoms with Crippen molar-refractivity contribution in [1.29, 1.82) is 0 Å². The molecule has 0 unspecified atom stereocenters. The van der Waals surface area contributed by atoms with Gasteiger partial charge in [0.1, 0.15) is 0 Å². The van der Waals surface area contributed by atoms with Crippen LogP contribution in [0, 0.1) is 0 Å². The number of nitrogens with two attached hydrogens (primary N) is 1. The molecule has 0 aliphatic heterocycles. The van der Waals surface area contributed by atoms with Gasteiger partial charge in [0.15, 0.2) is 9.84 Å². The van der Waals surface area contributed by atoms with Crippen LogP contribution in [0.2, 0.25) is 0 Å². The standard InChI is InChI=1S/C11H21NO2S/c1-2-8-15(13,14)9-7-10-3-5-11(12)6-4-10/h7,11H,2-6,8-9,12H2,1H3. The zero-order valence-electron chi connectivity index (χ0n) is 9.41. The van der Waals surface area contributed by atoms with E-state index in [0.29, 0.717) is 18.2 Å². The van der Waals surface area contributed by atoms with E-state index in [1.165, 1.54) is 5.57 Å². The Balaban J connectivity index is 2.44. The van der Waals surface area contributed by atoms with E-state index >= 15 is 0 Å². The smallest absolute Gasteiger partial charge is 0.153 e. The molecule has 0 saturated heterocycles. The van der Waals surface area contributed by atoms with E-state index in [2.05, 4.69) is 0 Å². The van der Waals surface area contributed by atoms with Crippen LogP contribution in [0.4, 0.5) is 0 Å². The fourth-order valence-corrected chi connectivity index (χ4v) is 3.13. The predicted octanol–water partition coefficient (Wildman–Crippen LogP) is 1.64. The maximum Gasteiger partial charge on any atom is 0.153 e. The molecular weight excluding hydrogens is 210 g/mol. The number of sulfone groups is 1. The summed E-state index contributed by atoms with van der Waals surface area (Å²) in [4.78, 5) is 0. The van der Waals surface area contributed by atoms with Gasteiger partial charge in [-0.05, 0) is 32.1 Å². The van der Waals surface area contributed by atoms with E-state index in [-0.39, 0.29) is 5.75 Å². The van der Waals surface area contributed by atoms with Crippen molar-refractivity contribution >= 4 is 9.84 Å². The summed E-state index contributed by atoms with van der Waals surface area (Å²) in [7, 11) is -2.85. The monoisotopic (exact) mass is 231 g/mol. The van der Waals surface area contributed by atoms with Gasteiger partial charge in [-0.25, -0.2) is 8.42 Å². The van der Waals surface area contributed by atoms with Crippen LogP contribution in [0.25, 0.3) is 0 Å². The third-order valence-corrected chi connectivity index (χ3v) is 4.52. The van der Waals surface area contributed by atoms with E-state index in [0.717, 1.165) is 25.7 Å². The molecule has 1 aliphatic carbocycles. The van der Waals surface area contributed by atoms with Crippen molar-refractivity contribution in [2.24, 2.45) is 5.73 Å². The Kier molecular flexibility index (Phi) is 4.80. The SMILES string of the molecule is CCCS(=O)(=O)CC=C1CCC(N)CC1. The summed E-state index contributed by atoms with van der Waals surface area (Å²) < 4.78 is 22.9. The molecule has 1 rings (SSSR count). The molecule has 0 aromatic rings. The van der Waals surface area contributed by atoms with Gasteiger partial charge in [0.2, 0.25) is 0 Å². The maximum atomic E-state index is 11.5. The third-order valence-electron chi connectivity index (χ3n) is 2.81. The third kappa shape index (κ3) is 4.80. The molecule has 0 aromatic heterocycles. The molecule has 3 nitrogen and oxygen atoms in total. The Bertz CT molecular complexity index is 309. The van der Waals surface area contributed by atoms with Crippen molar-refractivity contribution in [1.82, 2.24) is 0 Å². The highest BCUT2D eigenvalue weighted by Gasteiger charge is 2.13. The van der Waals surface area contributed by atoms with E-state index in [1.54, 1.807) is 0 Å². The zero-order valence-corrected chi connectivity index (χ0v) is 10.2. The molecule has 0 spiro atoms. The van der Waals surface area contributed by atoms with Gasteiger partial charge >= 0.3 is 0 Å². The lowest BCUT2D eigenvalue weighted by molar-refractivity contribution is 0.511. The van der Waals surface area contributed by atoms with Crippen molar-refractivity contribution in [2.45, 2.75) is 45.1 Å². The topological polar surface area (TPSA) is 60.2 Å². The van der Waals surface area contributed by atoms with E-state index in [1.807, 2.05) is 13.0 Å². The molecule has 1 aliphatic rings. The lowest BCUT2D eigenvalue weighted by Gasteiger charge is -2.20. The first kappa shape index (κ1) is 12.7. The van der Waals surface area contributed by atoms with Crippen LogP contribution in [-0.4, -0.2) is 26.0 Å². The molecule has 0 bridgehead atoms. The lowest BCUT2D eigenvalue weighted by atomic mass is 9.91. The van der Waals surface area contributed by atoms with Gasteiger partial charge in [0, 0.05) is 6.04 Å². The summed E-state index contributed by atoms with van der Waals surface area (Å²) in [6.07, 6.45) is 6.55. The van der Waals surface area contributed by atoms with E-state index in [4.69, 9.17) is 5.73 Å². The number of hydrogen-bond acceptors (Lipinski definition) is 3. The fraction of sp³-hybridized carbons (Fsp3) is 0.818. The molecule has 0 heterocycles. The average Bonchev–Trinajstić information content (AvgIpc) is 2.17. The summed E-state index contributed by atoms with van der Waals surface area (Å²) in [5.41, 5.74) is 7.06. The van der Waals surface area contributed by atoms with Gasteiger partial charge in [-0.3, -0.25) is 0 Å². The highest BCUT2D eigenvalue weighted by molar-refractivity contribution is 7.91. The quantitative estimate of drug-likeness (QED) is 0.748. The molecule has 0 atom stereocenters. The molecule has 0 amide bonds. The first-order valence-electron chi connectivity index (χ1n) is 5.67. The number of hydrogen-bond donors (Lipinski definition) is 1. The van der Waals surface area contributed by atoms with Gasteiger partial charge in [0.25, 0.3) is 0 Å². The lowest BCUT2D eigenvalue weighted by Crippen LogP contribution is -2.23. The van der Waals surface area contributed by atoms with Crippen LogP contribution in [-0.2, 0) is 9.84 Å². The van der Waals surface area contributed by atoms with Crippen LogP contribution in [0.3, 0.4) is 0 Å². The van der Waals surface area contributed by atoms with Crippen molar-refractivity contribution in [3.8, 4) is 0 Å². The first-order valence-corrected chi connectivity index (χ1v) is 7.49. The largest absolute Gasteiger partial charge is 0.328 e. The van der Waals surface area contributed by atoms with Crippen LogP contribution in [0.15, 0.2) is 11.6 Å². The second kappa shape index (κ2) is 5.66.